The van der Waals surface area contributed by atoms with Crippen LogP contribution in [0.15, 0.2) is 48.5 Å². The number of hydrogen-bond acceptors (Lipinski definition) is 4. The van der Waals surface area contributed by atoms with Crippen molar-refractivity contribution < 1.29 is 0 Å². The molecule has 0 fully saturated rings. The van der Waals surface area contributed by atoms with E-state index in [1.165, 1.54) is 0 Å². The quantitative estimate of drug-likeness (QED) is 0.717. The van der Waals surface area contributed by atoms with Crippen LogP contribution in [0.5, 0.6) is 0 Å². The molecule has 1 heterocycles. The lowest BCUT2D eigenvalue weighted by atomic mass is 10.1. The van der Waals surface area contributed by atoms with Gasteiger partial charge in [-0.2, -0.15) is 5.10 Å². The van der Waals surface area contributed by atoms with E-state index < -0.39 is 0 Å². The van der Waals surface area contributed by atoms with E-state index in [1.807, 2.05) is 37.3 Å². The van der Waals surface area contributed by atoms with Gasteiger partial charge in [-0.15, -0.1) is 5.10 Å². The maximum Gasteiger partial charge on any atom is 0.157 e. The molecule has 3 N–H and O–H groups in total. The summed E-state index contributed by atoms with van der Waals surface area (Å²) in [6.07, 6.45) is 0. The molecule has 0 saturated heterocycles. The minimum atomic E-state index is 0.105. The molecule has 1 atom stereocenters. The molecular formula is C17H18N4. The topological polar surface area (TPSA) is 63.8 Å². The zero-order valence-corrected chi connectivity index (χ0v) is 12.2. The summed E-state index contributed by atoms with van der Waals surface area (Å²) in [4.78, 5) is 0. The standard InChI is InChI=1S/C17H18N4/c1-11(13-6-5-7-14(18)10-13)19-17-16-9-4-3-8-15(16)12(2)20-21-17/h3-11H,18H2,1-2H3,(H,19,21). The maximum absolute atomic E-state index is 5.84. The van der Waals surface area contributed by atoms with Crippen LogP contribution in [0.1, 0.15) is 24.2 Å². The predicted octanol–water partition coefficient (Wildman–Crippen LogP) is 3.69. The molecule has 0 amide bonds. The third-order valence-corrected chi connectivity index (χ3v) is 3.64. The molecule has 0 saturated carbocycles. The second kappa shape index (κ2) is 5.40. The Hall–Kier alpha value is -2.62. The van der Waals surface area contributed by atoms with Gasteiger partial charge in [0, 0.05) is 16.5 Å². The fourth-order valence-corrected chi connectivity index (χ4v) is 2.46. The summed E-state index contributed by atoms with van der Waals surface area (Å²) < 4.78 is 0. The summed E-state index contributed by atoms with van der Waals surface area (Å²) in [5.74, 6) is 0.797. The summed E-state index contributed by atoms with van der Waals surface area (Å²) in [6.45, 7) is 4.06. The van der Waals surface area contributed by atoms with Gasteiger partial charge in [0.1, 0.15) is 0 Å². The van der Waals surface area contributed by atoms with Crippen molar-refractivity contribution in [3.8, 4) is 0 Å². The molecule has 3 rings (SSSR count). The molecule has 2 aromatic carbocycles. The van der Waals surface area contributed by atoms with Crippen LogP contribution < -0.4 is 11.1 Å². The Morgan fingerprint density at radius 2 is 1.76 bits per heavy atom. The molecule has 0 aliphatic carbocycles. The van der Waals surface area contributed by atoms with Crippen LogP contribution in [0, 0.1) is 6.92 Å². The van der Waals surface area contributed by atoms with E-state index in [-0.39, 0.29) is 6.04 Å². The second-order valence-electron chi connectivity index (χ2n) is 5.22. The highest BCUT2D eigenvalue weighted by atomic mass is 15.2. The van der Waals surface area contributed by atoms with E-state index in [4.69, 9.17) is 5.73 Å². The average Bonchev–Trinajstić information content (AvgIpc) is 2.50. The molecule has 0 bridgehead atoms. The predicted molar refractivity (Wildman–Crippen MR) is 87.2 cm³/mol. The maximum atomic E-state index is 5.84. The van der Waals surface area contributed by atoms with Gasteiger partial charge in [0.25, 0.3) is 0 Å². The number of nitrogens with one attached hydrogen (secondary N) is 1. The van der Waals surface area contributed by atoms with Gasteiger partial charge in [-0.3, -0.25) is 0 Å². The summed E-state index contributed by atoms with van der Waals surface area (Å²) in [5.41, 5.74) is 8.67. The summed E-state index contributed by atoms with van der Waals surface area (Å²) in [5, 5.41) is 14.2. The van der Waals surface area contributed by atoms with Crippen molar-refractivity contribution in [3.63, 3.8) is 0 Å². The van der Waals surface area contributed by atoms with Gasteiger partial charge >= 0.3 is 0 Å². The molecule has 3 aromatic rings. The van der Waals surface area contributed by atoms with Crippen LogP contribution in [0.25, 0.3) is 10.8 Å². The number of rotatable bonds is 3. The highest BCUT2D eigenvalue weighted by Crippen LogP contribution is 2.26. The Morgan fingerprint density at radius 1 is 1.00 bits per heavy atom. The van der Waals surface area contributed by atoms with Crippen LogP contribution in [-0.4, -0.2) is 10.2 Å². The number of nitrogens with two attached hydrogens (primary N) is 1. The second-order valence-corrected chi connectivity index (χ2v) is 5.22. The zero-order chi connectivity index (χ0) is 14.8. The lowest BCUT2D eigenvalue weighted by Gasteiger charge is -2.16. The van der Waals surface area contributed by atoms with Gasteiger partial charge in [-0.1, -0.05) is 36.4 Å². The average molecular weight is 278 g/mol. The monoisotopic (exact) mass is 278 g/mol. The first-order chi connectivity index (χ1) is 10.1. The molecule has 21 heavy (non-hydrogen) atoms. The summed E-state index contributed by atoms with van der Waals surface area (Å²) >= 11 is 0. The number of hydrogen-bond donors (Lipinski definition) is 2. The zero-order valence-electron chi connectivity index (χ0n) is 12.2. The van der Waals surface area contributed by atoms with Crippen LogP contribution in [0.4, 0.5) is 11.5 Å². The Morgan fingerprint density at radius 3 is 2.52 bits per heavy atom. The third-order valence-electron chi connectivity index (χ3n) is 3.64. The lowest BCUT2D eigenvalue weighted by Crippen LogP contribution is -2.09. The fraction of sp³-hybridized carbons (Fsp3) is 0.176. The largest absolute Gasteiger partial charge is 0.399 e. The van der Waals surface area contributed by atoms with Crippen molar-refractivity contribution >= 4 is 22.3 Å². The van der Waals surface area contributed by atoms with Gasteiger partial charge < -0.3 is 11.1 Å². The fourth-order valence-electron chi connectivity index (χ4n) is 2.46. The van der Waals surface area contributed by atoms with E-state index >= 15 is 0 Å². The summed E-state index contributed by atoms with van der Waals surface area (Å²) in [7, 11) is 0. The molecule has 0 aliphatic heterocycles. The summed E-state index contributed by atoms with van der Waals surface area (Å²) in [6, 6.07) is 16.1. The van der Waals surface area contributed by atoms with Crippen LogP contribution in [0.2, 0.25) is 0 Å². The molecule has 1 unspecified atom stereocenters. The van der Waals surface area contributed by atoms with Crippen molar-refractivity contribution in [2.24, 2.45) is 0 Å². The smallest absolute Gasteiger partial charge is 0.157 e. The highest BCUT2D eigenvalue weighted by molar-refractivity contribution is 5.92. The van der Waals surface area contributed by atoms with Crippen molar-refractivity contribution in [2.75, 3.05) is 11.1 Å². The number of nitrogen functional groups attached to an aromatic ring is 1. The number of nitrogens with zero attached hydrogens (tertiary/aromatic N) is 2. The molecule has 0 aliphatic rings. The van der Waals surface area contributed by atoms with Crippen molar-refractivity contribution in [1.82, 2.24) is 10.2 Å². The van der Waals surface area contributed by atoms with Gasteiger partial charge in [0.05, 0.1) is 11.7 Å². The normalized spacial score (nSPS) is 12.3. The molecular weight excluding hydrogens is 260 g/mol. The van der Waals surface area contributed by atoms with Gasteiger partial charge in [-0.25, -0.2) is 0 Å². The Kier molecular flexibility index (Phi) is 3.44. The molecule has 106 valence electrons. The van der Waals surface area contributed by atoms with E-state index in [9.17, 15) is 0 Å². The lowest BCUT2D eigenvalue weighted by molar-refractivity contribution is 0.862. The Bertz CT molecular complexity index is 783. The minimum Gasteiger partial charge on any atom is -0.399 e. The molecule has 4 heteroatoms. The molecule has 4 nitrogen and oxygen atoms in total. The van der Waals surface area contributed by atoms with E-state index in [0.29, 0.717) is 0 Å². The molecule has 1 aromatic heterocycles. The van der Waals surface area contributed by atoms with E-state index in [1.54, 1.807) is 0 Å². The Labute approximate surface area is 124 Å². The van der Waals surface area contributed by atoms with Crippen LogP contribution in [-0.2, 0) is 0 Å². The third kappa shape index (κ3) is 2.65. The van der Waals surface area contributed by atoms with Gasteiger partial charge in [0.2, 0.25) is 0 Å². The van der Waals surface area contributed by atoms with Crippen LogP contribution >= 0.6 is 0 Å². The SMILES string of the molecule is Cc1nnc(NC(C)c2cccc(N)c2)c2ccccc12. The van der Waals surface area contributed by atoms with Gasteiger partial charge in [-0.05, 0) is 31.5 Å². The van der Waals surface area contributed by atoms with Crippen molar-refractivity contribution in [1.29, 1.82) is 0 Å². The van der Waals surface area contributed by atoms with Gasteiger partial charge in [0.15, 0.2) is 5.82 Å². The first-order valence-electron chi connectivity index (χ1n) is 6.99. The molecule has 0 spiro atoms. The number of benzene rings is 2. The van der Waals surface area contributed by atoms with E-state index in [0.717, 1.165) is 33.5 Å². The van der Waals surface area contributed by atoms with Crippen molar-refractivity contribution in [3.05, 3.63) is 59.8 Å². The number of aromatic nitrogens is 2. The highest BCUT2D eigenvalue weighted by Gasteiger charge is 2.10. The first kappa shape index (κ1) is 13.4. The molecule has 0 radical (unpaired) electrons. The number of aryl methyl sites for hydroxylation is 1. The van der Waals surface area contributed by atoms with E-state index in [2.05, 4.69) is 40.6 Å². The number of anilines is 2. The van der Waals surface area contributed by atoms with Crippen molar-refractivity contribution in [2.45, 2.75) is 19.9 Å². The first-order valence-corrected chi connectivity index (χ1v) is 6.99. The minimum absolute atomic E-state index is 0.105. The number of fused-ring (bicyclic) bond motifs is 1. The van der Waals surface area contributed by atoms with Crippen LogP contribution in [0.3, 0.4) is 0 Å². The Balaban J connectivity index is 1.97.